The van der Waals surface area contributed by atoms with Gasteiger partial charge in [0.15, 0.2) is 5.82 Å². The van der Waals surface area contributed by atoms with Gasteiger partial charge in [-0.1, -0.05) is 30.3 Å². The predicted molar refractivity (Wildman–Crippen MR) is 93.5 cm³/mol. The fourth-order valence-corrected chi connectivity index (χ4v) is 2.77. The second-order valence-electron chi connectivity index (χ2n) is 5.35. The van der Waals surface area contributed by atoms with Crippen molar-refractivity contribution < 1.29 is 0 Å². The Balaban J connectivity index is 1.72. The third-order valence-corrected chi connectivity index (χ3v) is 3.87. The maximum absolute atomic E-state index is 5.85. The normalized spacial score (nSPS) is 11.0. The monoisotopic (exact) mass is 336 g/mol. The molecule has 6 nitrogen and oxygen atoms in total. The van der Waals surface area contributed by atoms with Crippen molar-refractivity contribution in [1.29, 1.82) is 0 Å². The number of rotatable bonds is 3. The van der Waals surface area contributed by atoms with Crippen LogP contribution in [0.1, 0.15) is 5.56 Å². The Morgan fingerprint density at radius 2 is 1.83 bits per heavy atom. The molecule has 2 aromatic carbocycles. The second kappa shape index (κ2) is 5.90. The van der Waals surface area contributed by atoms with E-state index in [0.717, 1.165) is 16.5 Å². The molecule has 0 aliphatic rings. The molecule has 0 radical (unpaired) electrons. The standard InChI is InChI=1S/C17H13ClN6/c18-16-21-15(22-17(19)23-16)12-6-7-14-13(8-12)9-20-24(14)10-11-4-2-1-3-5-11/h1-9H,10H2,(H2,19,21,22,23). The van der Waals surface area contributed by atoms with E-state index in [4.69, 9.17) is 17.3 Å². The minimum Gasteiger partial charge on any atom is -0.368 e. The summed E-state index contributed by atoms with van der Waals surface area (Å²) in [6, 6.07) is 16.1. The highest BCUT2D eigenvalue weighted by molar-refractivity contribution is 6.28. The van der Waals surface area contributed by atoms with Gasteiger partial charge < -0.3 is 5.73 Å². The van der Waals surface area contributed by atoms with Crippen LogP contribution >= 0.6 is 11.6 Å². The van der Waals surface area contributed by atoms with Crippen molar-refractivity contribution in [2.75, 3.05) is 5.73 Å². The lowest BCUT2D eigenvalue weighted by Gasteiger charge is -2.05. The smallest absolute Gasteiger partial charge is 0.227 e. The molecule has 2 heterocycles. The zero-order valence-corrected chi connectivity index (χ0v) is 13.4. The average molecular weight is 337 g/mol. The van der Waals surface area contributed by atoms with Crippen molar-refractivity contribution in [3.8, 4) is 11.4 Å². The van der Waals surface area contributed by atoms with E-state index in [0.29, 0.717) is 12.4 Å². The summed E-state index contributed by atoms with van der Waals surface area (Å²) in [7, 11) is 0. The molecular weight excluding hydrogens is 324 g/mol. The van der Waals surface area contributed by atoms with Crippen LogP contribution in [0.3, 0.4) is 0 Å². The summed E-state index contributed by atoms with van der Waals surface area (Å²) in [5.74, 6) is 0.551. The number of benzene rings is 2. The molecule has 0 fully saturated rings. The lowest BCUT2D eigenvalue weighted by molar-refractivity contribution is 0.712. The van der Waals surface area contributed by atoms with Crippen molar-refractivity contribution in [3.05, 3.63) is 65.6 Å². The largest absolute Gasteiger partial charge is 0.368 e. The topological polar surface area (TPSA) is 82.5 Å². The molecule has 4 aromatic rings. The first-order chi connectivity index (χ1) is 11.7. The predicted octanol–water partition coefficient (Wildman–Crippen LogP) is 3.17. The van der Waals surface area contributed by atoms with E-state index < -0.39 is 0 Å². The summed E-state index contributed by atoms with van der Waals surface area (Å²) in [5.41, 5.74) is 8.69. The lowest BCUT2D eigenvalue weighted by atomic mass is 10.1. The maximum Gasteiger partial charge on any atom is 0.227 e. The first-order valence-corrected chi connectivity index (χ1v) is 7.74. The zero-order chi connectivity index (χ0) is 16.5. The number of anilines is 1. The molecule has 2 aromatic heterocycles. The van der Waals surface area contributed by atoms with E-state index in [9.17, 15) is 0 Å². The first kappa shape index (κ1) is 14.6. The maximum atomic E-state index is 5.85. The lowest BCUT2D eigenvalue weighted by Crippen LogP contribution is -2.01. The molecule has 118 valence electrons. The highest BCUT2D eigenvalue weighted by Gasteiger charge is 2.09. The van der Waals surface area contributed by atoms with Crippen molar-refractivity contribution in [2.45, 2.75) is 6.54 Å². The molecule has 0 unspecified atom stereocenters. The van der Waals surface area contributed by atoms with E-state index >= 15 is 0 Å². The average Bonchev–Trinajstić information content (AvgIpc) is 2.97. The summed E-state index contributed by atoms with van der Waals surface area (Å²) in [6.45, 7) is 0.716. The Kier molecular flexibility index (Phi) is 3.59. The molecule has 4 rings (SSSR count). The number of hydrogen-bond acceptors (Lipinski definition) is 5. The van der Waals surface area contributed by atoms with Crippen LogP contribution in [0.25, 0.3) is 22.3 Å². The Morgan fingerprint density at radius 1 is 1.00 bits per heavy atom. The quantitative estimate of drug-likeness (QED) is 0.621. The van der Waals surface area contributed by atoms with E-state index in [-0.39, 0.29) is 11.2 Å². The van der Waals surface area contributed by atoms with Gasteiger partial charge in [0.25, 0.3) is 0 Å². The number of halogens is 1. The third kappa shape index (κ3) is 2.79. The van der Waals surface area contributed by atoms with Crippen LogP contribution in [0.4, 0.5) is 5.95 Å². The molecule has 7 heteroatoms. The van der Waals surface area contributed by atoms with Crippen molar-refractivity contribution >= 4 is 28.5 Å². The van der Waals surface area contributed by atoms with Gasteiger partial charge >= 0.3 is 0 Å². The molecule has 0 amide bonds. The number of aromatic nitrogens is 5. The van der Waals surface area contributed by atoms with Crippen LogP contribution < -0.4 is 5.73 Å². The van der Waals surface area contributed by atoms with Crippen LogP contribution in [0.15, 0.2) is 54.7 Å². The van der Waals surface area contributed by atoms with E-state index in [1.807, 2.05) is 47.3 Å². The van der Waals surface area contributed by atoms with Crippen LogP contribution in [0.2, 0.25) is 5.28 Å². The van der Waals surface area contributed by atoms with Gasteiger partial charge in [0.1, 0.15) is 0 Å². The summed E-state index contributed by atoms with van der Waals surface area (Å²) >= 11 is 5.85. The summed E-state index contributed by atoms with van der Waals surface area (Å²) in [6.07, 6.45) is 1.83. The molecule has 0 aliphatic heterocycles. The third-order valence-electron chi connectivity index (χ3n) is 3.70. The van der Waals surface area contributed by atoms with Crippen LogP contribution in [-0.4, -0.2) is 24.7 Å². The molecule has 2 N–H and O–H groups in total. The number of nitrogens with two attached hydrogens (primary N) is 1. The van der Waals surface area contributed by atoms with Crippen LogP contribution in [0.5, 0.6) is 0 Å². The Bertz CT molecular complexity index is 992. The van der Waals surface area contributed by atoms with Gasteiger partial charge in [-0.3, -0.25) is 4.68 Å². The molecule has 0 bridgehead atoms. The number of hydrogen-bond donors (Lipinski definition) is 1. The molecule has 24 heavy (non-hydrogen) atoms. The minimum atomic E-state index is 0.0809. The fraction of sp³-hybridized carbons (Fsp3) is 0.0588. The van der Waals surface area contributed by atoms with Gasteiger partial charge in [0.05, 0.1) is 18.3 Å². The molecular formula is C17H13ClN6. The van der Waals surface area contributed by atoms with Gasteiger partial charge in [-0.2, -0.15) is 20.1 Å². The van der Waals surface area contributed by atoms with Crippen molar-refractivity contribution in [2.24, 2.45) is 0 Å². The van der Waals surface area contributed by atoms with E-state index in [1.54, 1.807) is 0 Å². The zero-order valence-electron chi connectivity index (χ0n) is 12.6. The number of nitrogens with zero attached hydrogens (tertiary/aromatic N) is 5. The van der Waals surface area contributed by atoms with E-state index in [2.05, 4.69) is 32.2 Å². The molecule has 0 saturated heterocycles. The van der Waals surface area contributed by atoms with Gasteiger partial charge in [-0.15, -0.1) is 0 Å². The summed E-state index contributed by atoms with van der Waals surface area (Å²) in [4.78, 5) is 12.0. The molecule has 0 saturated carbocycles. The summed E-state index contributed by atoms with van der Waals surface area (Å²) in [5, 5.41) is 5.55. The Hall–Kier alpha value is -2.99. The van der Waals surface area contributed by atoms with Crippen LogP contribution in [-0.2, 0) is 6.54 Å². The minimum absolute atomic E-state index is 0.0809. The molecule has 0 spiro atoms. The highest BCUT2D eigenvalue weighted by Crippen LogP contribution is 2.23. The fourth-order valence-electron chi connectivity index (χ4n) is 2.60. The second-order valence-corrected chi connectivity index (χ2v) is 5.69. The Morgan fingerprint density at radius 3 is 2.62 bits per heavy atom. The van der Waals surface area contributed by atoms with Gasteiger partial charge in [0.2, 0.25) is 11.2 Å². The Labute approximate surface area is 143 Å². The molecule has 0 atom stereocenters. The highest BCUT2D eigenvalue weighted by atomic mass is 35.5. The first-order valence-electron chi connectivity index (χ1n) is 7.36. The van der Waals surface area contributed by atoms with Crippen molar-refractivity contribution in [1.82, 2.24) is 24.7 Å². The number of nitrogen functional groups attached to an aromatic ring is 1. The molecule has 0 aliphatic carbocycles. The van der Waals surface area contributed by atoms with Gasteiger partial charge in [0, 0.05) is 10.9 Å². The van der Waals surface area contributed by atoms with Crippen molar-refractivity contribution in [3.63, 3.8) is 0 Å². The van der Waals surface area contributed by atoms with Gasteiger partial charge in [-0.25, -0.2) is 0 Å². The van der Waals surface area contributed by atoms with Crippen LogP contribution in [0, 0.1) is 0 Å². The number of fused-ring (bicyclic) bond motifs is 1. The van der Waals surface area contributed by atoms with E-state index in [1.165, 1.54) is 5.56 Å². The summed E-state index contributed by atoms with van der Waals surface area (Å²) < 4.78 is 1.96. The SMILES string of the molecule is Nc1nc(Cl)nc(-c2ccc3c(cnn3Cc3ccccc3)c2)n1. The van der Waals surface area contributed by atoms with Gasteiger partial charge in [-0.05, 0) is 35.4 Å².